The van der Waals surface area contributed by atoms with Gasteiger partial charge in [0, 0.05) is 23.4 Å². The number of rotatable bonds is 4. The third-order valence-electron chi connectivity index (χ3n) is 4.13. The maximum absolute atomic E-state index is 13.0. The molecule has 0 bridgehead atoms. The van der Waals surface area contributed by atoms with Gasteiger partial charge in [-0.25, -0.2) is 8.42 Å². The van der Waals surface area contributed by atoms with Crippen molar-refractivity contribution in [1.29, 1.82) is 0 Å². The Labute approximate surface area is 140 Å². The van der Waals surface area contributed by atoms with Crippen LogP contribution in [0.15, 0.2) is 46.0 Å². The maximum atomic E-state index is 13.0. The molecule has 0 aliphatic heterocycles. The predicted molar refractivity (Wildman–Crippen MR) is 92.9 cm³/mol. The molecule has 0 radical (unpaired) electrons. The lowest BCUT2D eigenvalue weighted by Gasteiger charge is -2.29. The molecule has 1 aliphatic rings. The van der Waals surface area contributed by atoms with Gasteiger partial charge in [-0.3, -0.25) is 4.79 Å². The Morgan fingerprint density at radius 2 is 1.83 bits per heavy atom. The smallest absolute Gasteiger partial charge is 0.259 e. The molecule has 0 unspecified atom stereocenters. The van der Waals surface area contributed by atoms with E-state index >= 15 is 0 Å². The summed E-state index contributed by atoms with van der Waals surface area (Å²) in [5.41, 5.74) is 1.32. The number of nitrogens with zero attached hydrogens (tertiary/aromatic N) is 1. The lowest BCUT2D eigenvalue weighted by molar-refractivity contribution is 0.0977. The number of thiophene rings is 1. The molecule has 0 N–H and O–H groups in total. The Kier molecular flexibility index (Phi) is 4.55. The molecule has 0 spiro atoms. The molecule has 1 saturated carbocycles. The van der Waals surface area contributed by atoms with Crippen LogP contribution >= 0.6 is 11.3 Å². The zero-order valence-corrected chi connectivity index (χ0v) is 14.6. The molecule has 1 aromatic heterocycles. The fraction of sp³-hybridized carbons (Fsp3) is 0.353. The summed E-state index contributed by atoms with van der Waals surface area (Å²) in [6.07, 6.45) is 5.39. The van der Waals surface area contributed by atoms with Crippen LogP contribution in [0.4, 0.5) is 5.69 Å². The SMILES string of the molecule is CS(=O)(=O)c1cc(C(=O)N(c2ccccc2)C2CCCC2)cs1. The maximum Gasteiger partial charge on any atom is 0.259 e. The highest BCUT2D eigenvalue weighted by atomic mass is 32.2. The highest BCUT2D eigenvalue weighted by molar-refractivity contribution is 7.92. The first-order valence-electron chi connectivity index (χ1n) is 7.64. The van der Waals surface area contributed by atoms with Crippen molar-refractivity contribution in [3.05, 3.63) is 47.3 Å². The summed E-state index contributed by atoms with van der Waals surface area (Å²) < 4.78 is 23.5. The number of para-hydroxylation sites is 1. The normalized spacial score (nSPS) is 15.7. The number of carbonyl (C=O) groups is 1. The zero-order chi connectivity index (χ0) is 16.4. The van der Waals surface area contributed by atoms with Crippen molar-refractivity contribution in [1.82, 2.24) is 0 Å². The zero-order valence-electron chi connectivity index (χ0n) is 12.9. The van der Waals surface area contributed by atoms with Gasteiger partial charge in [-0.2, -0.15) is 0 Å². The molecule has 1 amide bonds. The van der Waals surface area contributed by atoms with E-state index in [0.29, 0.717) is 5.56 Å². The van der Waals surface area contributed by atoms with Crippen LogP contribution in [0.2, 0.25) is 0 Å². The van der Waals surface area contributed by atoms with Crippen molar-refractivity contribution < 1.29 is 13.2 Å². The Balaban J connectivity index is 1.96. The van der Waals surface area contributed by atoms with Crippen LogP contribution in [-0.2, 0) is 9.84 Å². The molecule has 3 rings (SSSR count). The molecule has 4 nitrogen and oxygen atoms in total. The minimum atomic E-state index is -3.28. The number of hydrogen-bond donors (Lipinski definition) is 0. The summed E-state index contributed by atoms with van der Waals surface area (Å²) in [5.74, 6) is -0.116. The lowest BCUT2D eigenvalue weighted by Crippen LogP contribution is -2.38. The number of sulfone groups is 1. The topological polar surface area (TPSA) is 54.5 Å². The minimum absolute atomic E-state index is 0.116. The Morgan fingerprint density at radius 1 is 1.17 bits per heavy atom. The molecule has 1 aromatic carbocycles. The lowest BCUT2D eigenvalue weighted by atomic mass is 10.1. The third kappa shape index (κ3) is 3.48. The Morgan fingerprint density at radius 3 is 2.39 bits per heavy atom. The summed E-state index contributed by atoms with van der Waals surface area (Å²) in [7, 11) is -3.28. The van der Waals surface area contributed by atoms with Crippen molar-refractivity contribution >= 4 is 32.8 Å². The highest BCUT2D eigenvalue weighted by Gasteiger charge is 2.29. The van der Waals surface area contributed by atoms with Gasteiger partial charge in [-0.05, 0) is 31.0 Å². The first-order chi connectivity index (χ1) is 11.0. The first-order valence-corrected chi connectivity index (χ1v) is 10.4. The van der Waals surface area contributed by atoms with Crippen molar-refractivity contribution in [2.24, 2.45) is 0 Å². The predicted octanol–water partition coefficient (Wildman–Crippen LogP) is 3.74. The molecular weight excluding hydrogens is 330 g/mol. The van der Waals surface area contributed by atoms with Crippen LogP contribution in [0.1, 0.15) is 36.0 Å². The summed E-state index contributed by atoms with van der Waals surface area (Å²) in [6.45, 7) is 0. The summed E-state index contributed by atoms with van der Waals surface area (Å²) in [4.78, 5) is 14.8. The summed E-state index contributed by atoms with van der Waals surface area (Å²) >= 11 is 1.10. The summed E-state index contributed by atoms with van der Waals surface area (Å²) in [5, 5.41) is 1.64. The van der Waals surface area contributed by atoms with Crippen LogP contribution in [0.25, 0.3) is 0 Å². The van der Waals surface area contributed by atoms with E-state index in [2.05, 4.69) is 0 Å². The molecule has 0 atom stereocenters. The van der Waals surface area contributed by atoms with Crippen LogP contribution in [0.3, 0.4) is 0 Å². The second-order valence-electron chi connectivity index (χ2n) is 5.88. The molecule has 1 heterocycles. The van der Waals surface area contributed by atoms with Gasteiger partial charge in [0.1, 0.15) is 4.21 Å². The van der Waals surface area contributed by atoms with Crippen molar-refractivity contribution in [3.8, 4) is 0 Å². The molecule has 2 aromatic rings. The van der Waals surface area contributed by atoms with E-state index in [9.17, 15) is 13.2 Å². The molecule has 122 valence electrons. The molecule has 1 fully saturated rings. The second-order valence-corrected chi connectivity index (χ2v) is 9.03. The fourth-order valence-electron chi connectivity index (χ4n) is 3.01. The minimum Gasteiger partial charge on any atom is -0.305 e. The Bertz CT molecular complexity index is 790. The first kappa shape index (κ1) is 16.2. The number of benzene rings is 1. The van der Waals surface area contributed by atoms with Gasteiger partial charge in [0.15, 0.2) is 9.84 Å². The van der Waals surface area contributed by atoms with Gasteiger partial charge in [0.05, 0.1) is 5.56 Å². The number of carbonyl (C=O) groups excluding carboxylic acids is 1. The van der Waals surface area contributed by atoms with Crippen molar-refractivity contribution in [2.45, 2.75) is 35.9 Å². The molecule has 0 saturated heterocycles. The van der Waals surface area contributed by atoms with Gasteiger partial charge < -0.3 is 4.90 Å². The van der Waals surface area contributed by atoms with Crippen LogP contribution in [0.5, 0.6) is 0 Å². The third-order valence-corrected chi connectivity index (χ3v) is 6.90. The summed E-state index contributed by atoms with van der Waals surface area (Å²) in [6, 6.07) is 11.3. The van der Waals surface area contributed by atoms with E-state index in [4.69, 9.17) is 0 Å². The van der Waals surface area contributed by atoms with E-state index in [0.717, 1.165) is 42.7 Å². The standard InChI is InChI=1S/C17H19NO3S2/c1-23(20,21)16-11-13(12-22-16)17(19)18(15-9-5-6-10-15)14-7-3-2-4-8-14/h2-4,7-8,11-12,15H,5-6,9-10H2,1H3. The fourth-order valence-corrected chi connectivity index (χ4v) is 4.80. The van der Waals surface area contributed by atoms with Crippen molar-refractivity contribution in [2.75, 3.05) is 11.2 Å². The molecule has 1 aliphatic carbocycles. The van der Waals surface area contributed by atoms with E-state index in [-0.39, 0.29) is 16.2 Å². The molecular formula is C17H19NO3S2. The second kappa shape index (κ2) is 6.45. The largest absolute Gasteiger partial charge is 0.305 e. The van der Waals surface area contributed by atoms with Gasteiger partial charge in [0.25, 0.3) is 5.91 Å². The average Bonchev–Trinajstić information content (AvgIpc) is 3.19. The average molecular weight is 349 g/mol. The molecule has 23 heavy (non-hydrogen) atoms. The highest BCUT2D eigenvalue weighted by Crippen LogP contribution is 2.31. The monoisotopic (exact) mass is 349 g/mol. The number of hydrogen-bond acceptors (Lipinski definition) is 4. The van der Waals surface area contributed by atoms with E-state index < -0.39 is 9.84 Å². The molecule has 6 heteroatoms. The van der Waals surface area contributed by atoms with Crippen LogP contribution < -0.4 is 4.90 Å². The van der Waals surface area contributed by atoms with E-state index in [1.807, 2.05) is 35.2 Å². The van der Waals surface area contributed by atoms with E-state index in [1.165, 1.54) is 12.3 Å². The van der Waals surface area contributed by atoms with Crippen LogP contribution in [-0.4, -0.2) is 26.6 Å². The van der Waals surface area contributed by atoms with Gasteiger partial charge in [-0.15, -0.1) is 11.3 Å². The van der Waals surface area contributed by atoms with Gasteiger partial charge in [-0.1, -0.05) is 31.0 Å². The number of amides is 1. The Hall–Kier alpha value is -1.66. The number of anilines is 1. The van der Waals surface area contributed by atoms with Gasteiger partial charge >= 0.3 is 0 Å². The van der Waals surface area contributed by atoms with Gasteiger partial charge in [0.2, 0.25) is 0 Å². The van der Waals surface area contributed by atoms with Crippen LogP contribution in [0, 0.1) is 0 Å². The quantitative estimate of drug-likeness (QED) is 0.845. The van der Waals surface area contributed by atoms with Crippen molar-refractivity contribution in [3.63, 3.8) is 0 Å². The van der Waals surface area contributed by atoms with E-state index in [1.54, 1.807) is 5.38 Å².